The Morgan fingerprint density at radius 3 is 2.32 bits per heavy atom. The Morgan fingerprint density at radius 1 is 1.08 bits per heavy atom. The molecule has 0 fully saturated rings. The number of rotatable bonds is 5. The fourth-order valence-corrected chi connectivity index (χ4v) is 2.39. The first-order chi connectivity index (χ1) is 11.8. The van der Waals surface area contributed by atoms with Crippen molar-refractivity contribution in [1.29, 1.82) is 0 Å². The molecule has 130 valence electrons. The molecule has 0 amide bonds. The topological polar surface area (TPSA) is 77.8 Å². The average molecular weight is 359 g/mol. The van der Waals surface area contributed by atoms with Crippen molar-refractivity contribution in [2.75, 3.05) is 0 Å². The minimum absolute atomic E-state index is 0.197. The van der Waals surface area contributed by atoms with Gasteiger partial charge in [-0.25, -0.2) is 0 Å². The van der Waals surface area contributed by atoms with Crippen LogP contribution >= 0.6 is 11.6 Å². The average Bonchev–Trinajstić information content (AvgIpc) is 2.53. The molecule has 2 aromatic rings. The summed E-state index contributed by atoms with van der Waals surface area (Å²) in [5.74, 6) is -1.71. The van der Waals surface area contributed by atoms with Crippen molar-refractivity contribution in [1.82, 2.24) is 0 Å². The van der Waals surface area contributed by atoms with Crippen molar-refractivity contribution >= 4 is 23.5 Å². The maximum Gasteiger partial charge on any atom is 0.193 e. The molecule has 2 rings (SSSR count). The third-order valence-electron chi connectivity index (χ3n) is 3.62. The van der Waals surface area contributed by atoms with Gasteiger partial charge in [-0.2, -0.15) is 0 Å². The Balaban J connectivity index is 2.37. The van der Waals surface area contributed by atoms with Gasteiger partial charge in [0.25, 0.3) is 0 Å². The molecule has 0 saturated heterocycles. The minimum Gasteiger partial charge on any atom is -0.507 e. The molecule has 0 aliphatic heterocycles. The first-order valence-corrected chi connectivity index (χ1v) is 8.05. The molecule has 0 saturated carbocycles. The fourth-order valence-electron chi connectivity index (χ4n) is 2.26. The monoisotopic (exact) mass is 358 g/mol. The zero-order valence-corrected chi connectivity index (χ0v) is 14.7. The van der Waals surface area contributed by atoms with Crippen molar-refractivity contribution in [2.45, 2.75) is 20.3 Å². The normalized spacial score (nSPS) is 10.8. The van der Waals surface area contributed by atoms with Crippen molar-refractivity contribution in [3.05, 3.63) is 69.8 Å². The zero-order valence-electron chi connectivity index (χ0n) is 14.0. The molecule has 0 spiro atoms. The largest absolute Gasteiger partial charge is 0.507 e. The highest BCUT2D eigenvalue weighted by molar-refractivity contribution is 6.30. The van der Waals surface area contributed by atoms with Gasteiger partial charge in [-0.3, -0.25) is 4.79 Å². The molecule has 0 bridgehead atoms. The number of benzene rings is 2. The van der Waals surface area contributed by atoms with Gasteiger partial charge in [0.1, 0.15) is 22.8 Å². The third kappa shape index (κ3) is 4.64. The summed E-state index contributed by atoms with van der Waals surface area (Å²) in [6, 6.07) is 7.93. The molecular formula is C20H19ClO4. The lowest BCUT2D eigenvalue weighted by Crippen LogP contribution is -1.99. The fraction of sp³-hybridized carbons (Fsp3) is 0.150. The highest BCUT2D eigenvalue weighted by Crippen LogP contribution is 2.38. The SMILES string of the molecule is CC(C)=CCc1c(O)cc(O)c(C(=O)/C=C/c2ccc(Cl)cc2)c1O. The Hall–Kier alpha value is -2.72. The quantitative estimate of drug-likeness (QED) is 0.405. The first-order valence-electron chi connectivity index (χ1n) is 7.67. The van der Waals surface area contributed by atoms with Crippen LogP contribution in [0.1, 0.15) is 35.3 Å². The number of allylic oxidation sites excluding steroid dienone is 3. The van der Waals surface area contributed by atoms with E-state index in [0.29, 0.717) is 5.02 Å². The molecule has 3 N–H and O–H groups in total. The number of phenols is 3. The van der Waals surface area contributed by atoms with Crippen LogP contribution in [0.5, 0.6) is 17.2 Å². The summed E-state index contributed by atoms with van der Waals surface area (Å²) < 4.78 is 0. The first kappa shape index (κ1) is 18.6. The molecule has 0 aliphatic rings. The Labute approximate surface area is 151 Å². The van der Waals surface area contributed by atoms with Gasteiger partial charge < -0.3 is 15.3 Å². The van der Waals surface area contributed by atoms with E-state index in [1.54, 1.807) is 30.3 Å². The number of carbonyl (C=O) groups is 1. The van der Waals surface area contributed by atoms with Crippen LogP contribution in [-0.4, -0.2) is 21.1 Å². The van der Waals surface area contributed by atoms with Crippen LogP contribution in [0.2, 0.25) is 5.02 Å². The highest BCUT2D eigenvalue weighted by Gasteiger charge is 2.20. The molecule has 0 radical (unpaired) electrons. The van der Waals surface area contributed by atoms with Crippen LogP contribution in [0.3, 0.4) is 0 Å². The summed E-state index contributed by atoms with van der Waals surface area (Å²) in [5.41, 5.74) is 1.71. The van der Waals surface area contributed by atoms with Crippen LogP contribution in [0, 0.1) is 0 Å². The van der Waals surface area contributed by atoms with E-state index in [-0.39, 0.29) is 23.3 Å². The van der Waals surface area contributed by atoms with Gasteiger partial charge in [0.2, 0.25) is 0 Å². The molecule has 4 nitrogen and oxygen atoms in total. The second-order valence-electron chi connectivity index (χ2n) is 5.85. The zero-order chi connectivity index (χ0) is 18.6. The maximum absolute atomic E-state index is 12.4. The molecule has 0 aromatic heterocycles. The lowest BCUT2D eigenvalue weighted by Gasteiger charge is -2.11. The van der Waals surface area contributed by atoms with Gasteiger partial charge >= 0.3 is 0 Å². The number of halogens is 1. The Morgan fingerprint density at radius 2 is 1.72 bits per heavy atom. The molecule has 0 unspecified atom stereocenters. The summed E-state index contributed by atoms with van der Waals surface area (Å²) in [5, 5.41) is 30.8. The van der Waals surface area contributed by atoms with Crippen LogP contribution in [0.15, 0.2) is 48.1 Å². The third-order valence-corrected chi connectivity index (χ3v) is 3.87. The smallest absolute Gasteiger partial charge is 0.193 e. The predicted molar refractivity (Wildman–Crippen MR) is 99.4 cm³/mol. The molecule has 25 heavy (non-hydrogen) atoms. The number of carbonyl (C=O) groups excluding carboxylic acids is 1. The van der Waals surface area contributed by atoms with Gasteiger partial charge in [0.05, 0.1) is 0 Å². The van der Waals surface area contributed by atoms with Crippen molar-refractivity contribution < 1.29 is 20.1 Å². The second kappa shape index (κ2) is 7.90. The summed E-state index contributed by atoms with van der Waals surface area (Å²) in [6.07, 6.45) is 4.87. The molecular weight excluding hydrogens is 340 g/mol. The van der Waals surface area contributed by atoms with Gasteiger partial charge in [-0.05, 0) is 44.0 Å². The van der Waals surface area contributed by atoms with E-state index in [1.165, 1.54) is 6.08 Å². The molecule has 0 heterocycles. The molecule has 5 heteroatoms. The van der Waals surface area contributed by atoms with Crippen LogP contribution in [0.4, 0.5) is 0 Å². The predicted octanol–water partition coefficient (Wildman–Crippen LogP) is 4.86. The number of hydrogen-bond donors (Lipinski definition) is 3. The maximum atomic E-state index is 12.4. The number of aromatic hydroxyl groups is 3. The number of hydrogen-bond acceptors (Lipinski definition) is 4. The number of ketones is 1. The molecule has 0 atom stereocenters. The van der Waals surface area contributed by atoms with Gasteiger partial charge in [-0.1, -0.05) is 41.5 Å². The van der Waals surface area contributed by atoms with E-state index in [2.05, 4.69) is 0 Å². The van der Waals surface area contributed by atoms with Gasteiger partial charge in [-0.15, -0.1) is 0 Å². The van der Waals surface area contributed by atoms with Crippen LogP contribution in [0.25, 0.3) is 6.08 Å². The lowest BCUT2D eigenvalue weighted by atomic mass is 9.99. The standard InChI is InChI=1S/C20H19ClO4/c1-12(2)3-9-15-17(23)11-18(24)19(20(15)25)16(22)10-6-13-4-7-14(21)8-5-13/h3-8,10-11,23-25H,9H2,1-2H3/b10-6+. The van der Waals surface area contributed by atoms with Gasteiger partial charge in [0, 0.05) is 16.7 Å². The molecule has 2 aromatic carbocycles. The van der Waals surface area contributed by atoms with Crippen LogP contribution in [-0.2, 0) is 6.42 Å². The Kier molecular flexibility index (Phi) is 5.88. The van der Waals surface area contributed by atoms with Crippen molar-refractivity contribution in [3.8, 4) is 17.2 Å². The van der Waals surface area contributed by atoms with E-state index in [4.69, 9.17) is 11.6 Å². The summed E-state index contributed by atoms with van der Waals surface area (Å²) >= 11 is 5.81. The van der Waals surface area contributed by atoms with Crippen molar-refractivity contribution in [2.24, 2.45) is 0 Å². The lowest BCUT2D eigenvalue weighted by molar-refractivity contribution is 0.104. The van der Waals surface area contributed by atoms with E-state index in [0.717, 1.165) is 17.2 Å². The number of phenolic OH excluding ortho intramolecular Hbond substituents is 3. The summed E-state index contributed by atoms with van der Waals surface area (Å²) in [7, 11) is 0. The van der Waals surface area contributed by atoms with E-state index >= 15 is 0 Å². The van der Waals surface area contributed by atoms with E-state index in [9.17, 15) is 20.1 Å². The van der Waals surface area contributed by atoms with Gasteiger partial charge in [0.15, 0.2) is 5.78 Å². The highest BCUT2D eigenvalue weighted by atomic mass is 35.5. The minimum atomic E-state index is -0.566. The van der Waals surface area contributed by atoms with Crippen LogP contribution < -0.4 is 0 Å². The Bertz CT molecular complexity index is 845. The van der Waals surface area contributed by atoms with E-state index < -0.39 is 17.3 Å². The van der Waals surface area contributed by atoms with Crippen molar-refractivity contribution in [3.63, 3.8) is 0 Å². The van der Waals surface area contributed by atoms with E-state index in [1.807, 2.05) is 19.9 Å². The second-order valence-corrected chi connectivity index (χ2v) is 6.29. The molecule has 0 aliphatic carbocycles. The summed E-state index contributed by atoms with van der Waals surface area (Å²) in [6.45, 7) is 3.77. The summed E-state index contributed by atoms with van der Waals surface area (Å²) in [4.78, 5) is 12.4.